The van der Waals surface area contributed by atoms with Gasteiger partial charge >= 0.3 is 6.36 Å². The second-order valence-electron chi connectivity index (χ2n) is 6.69. The largest absolute Gasteiger partial charge is 0.573 e. The summed E-state index contributed by atoms with van der Waals surface area (Å²) in [6, 6.07) is 6.05. The lowest BCUT2D eigenvalue weighted by atomic mass is 10.1. The highest BCUT2D eigenvalue weighted by Crippen LogP contribution is 2.26. The van der Waals surface area contributed by atoms with Crippen LogP contribution in [0.4, 0.5) is 17.6 Å². The van der Waals surface area contributed by atoms with Crippen molar-refractivity contribution in [3.8, 4) is 5.75 Å². The number of carbonyl (C=O) groups is 2. The average Bonchev–Trinajstić information content (AvgIpc) is 2.67. The molecule has 0 spiro atoms. The van der Waals surface area contributed by atoms with Crippen LogP contribution in [0.3, 0.4) is 0 Å². The molecular formula is C20H21F4N3O3. The Morgan fingerprint density at radius 1 is 1.17 bits per heavy atom. The standard InChI is InChI=1S/C20H21F4N3O3/c1-12(2)18(28)26-9-7-16-14(4-3-8-25-16)19(29)27-11-13-5-6-15(21)17(10-13)30-20(22,23)24/h3-6,8,10,12H,7,9,11H2,1-2H3,(H,26,28)(H,27,29). The van der Waals surface area contributed by atoms with Gasteiger partial charge < -0.3 is 15.4 Å². The first-order valence-corrected chi connectivity index (χ1v) is 9.11. The zero-order chi connectivity index (χ0) is 22.3. The fourth-order valence-corrected chi connectivity index (χ4v) is 2.49. The summed E-state index contributed by atoms with van der Waals surface area (Å²) in [5, 5.41) is 5.29. The topological polar surface area (TPSA) is 80.3 Å². The smallest absolute Gasteiger partial charge is 0.403 e. The van der Waals surface area contributed by atoms with Crippen molar-refractivity contribution in [2.45, 2.75) is 33.2 Å². The lowest BCUT2D eigenvalue weighted by molar-refractivity contribution is -0.275. The molecule has 1 heterocycles. The van der Waals surface area contributed by atoms with E-state index >= 15 is 0 Å². The molecule has 0 saturated carbocycles. The van der Waals surface area contributed by atoms with E-state index in [1.165, 1.54) is 12.3 Å². The lowest BCUT2D eigenvalue weighted by Crippen LogP contribution is -2.30. The summed E-state index contributed by atoms with van der Waals surface area (Å²) in [7, 11) is 0. The molecule has 2 rings (SSSR count). The number of alkyl halides is 3. The minimum absolute atomic E-state index is 0.120. The number of nitrogens with zero attached hydrogens (tertiary/aromatic N) is 1. The van der Waals surface area contributed by atoms with E-state index in [4.69, 9.17) is 0 Å². The summed E-state index contributed by atoms with van der Waals surface area (Å²) in [4.78, 5) is 28.3. The molecule has 162 valence electrons. The Bertz CT molecular complexity index is 901. The number of rotatable bonds is 8. The number of hydrogen-bond acceptors (Lipinski definition) is 4. The number of amides is 2. The fraction of sp³-hybridized carbons (Fsp3) is 0.350. The Labute approximate surface area is 170 Å². The van der Waals surface area contributed by atoms with Crippen LogP contribution in [0.2, 0.25) is 0 Å². The highest BCUT2D eigenvalue weighted by molar-refractivity contribution is 5.95. The number of nitrogens with one attached hydrogen (secondary N) is 2. The lowest BCUT2D eigenvalue weighted by Gasteiger charge is -2.13. The average molecular weight is 427 g/mol. The maximum atomic E-state index is 13.5. The van der Waals surface area contributed by atoms with Gasteiger partial charge in [0, 0.05) is 31.6 Å². The maximum absolute atomic E-state index is 13.5. The normalized spacial score (nSPS) is 11.3. The van der Waals surface area contributed by atoms with E-state index in [0.717, 1.165) is 12.1 Å². The van der Waals surface area contributed by atoms with Gasteiger partial charge in [0.15, 0.2) is 11.6 Å². The molecule has 0 aliphatic carbocycles. The molecule has 0 fully saturated rings. The number of aromatic nitrogens is 1. The van der Waals surface area contributed by atoms with Gasteiger partial charge in [-0.15, -0.1) is 13.2 Å². The van der Waals surface area contributed by atoms with Crippen LogP contribution in [-0.2, 0) is 17.8 Å². The molecule has 0 aliphatic rings. The molecule has 30 heavy (non-hydrogen) atoms. The molecule has 1 aromatic heterocycles. The Hall–Kier alpha value is -3.17. The van der Waals surface area contributed by atoms with Crippen LogP contribution in [0.15, 0.2) is 36.5 Å². The predicted molar refractivity (Wildman–Crippen MR) is 100 cm³/mol. The maximum Gasteiger partial charge on any atom is 0.573 e. The molecule has 1 aromatic carbocycles. The van der Waals surface area contributed by atoms with Crippen LogP contribution in [-0.4, -0.2) is 29.7 Å². The monoisotopic (exact) mass is 427 g/mol. The van der Waals surface area contributed by atoms with Gasteiger partial charge in [-0.3, -0.25) is 14.6 Å². The Kier molecular flexibility index (Phi) is 7.73. The summed E-state index contributed by atoms with van der Waals surface area (Å²) in [6.45, 7) is 3.67. The number of hydrogen-bond donors (Lipinski definition) is 2. The molecule has 2 amide bonds. The number of benzene rings is 1. The molecule has 0 bridgehead atoms. The van der Waals surface area contributed by atoms with Crippen molar-refractivity contribution in [2.75, 3.05) is 6.54 Å². The molecule has 0 atom stereocenters. The van der Waals surface area contributed by atoms with E-state index < -0.39 is 23.8 Å². The first-order chi connectivity index (χ1) is 14.1. The first-order valence-electron chi connectivity index (χ1n) is 9.11. The van der Waals surface area contributed by atoms with Crippen molar-refractivity contribution >= 4 is 11.8 Å². The summed E-state index contributed by atoms with van der Waals surface area (Å²) < 4.78 is 54.1. The van der Waals surface area contributed by atoms with Crippen molar-refractivity contribution in [1.82, 2.24) is 15.6 Å². The van der Waals surface area contributed by atoms with Crippen molar-refractivity contribution in [3.05, 3.63) is 59.2 Å². The molecule has 2 N–H and O–H groups in total. The highest BCUT2D eigenvalue weighted by Gasteiger charge is 2.32. The second-order valence-corrected chi connectivity index (χ2v) is 6.69. The Morgan fingerprint density at radius 3 is 2.57 bits per heavy atom. The number of pyridine rings is 1. The van der Waals surface area contributed by atoms with Crippen molar-refractivity contribution in [3.63, 3.8) is 0 Å². The Morgan fingerprint density at radius 2 is 1.90 bits per heavy atom. The van der Waals surface area contributed by atoms with E-state index in [0.29, 0.717) is 18.7 Å². The van der Waals surface area contributed by atoms with Gasteiger partial charge in [0.2, 0.25) is 5.91 Å². The van der Waals surface area contributed by atoms with Gasteiger partial charge in [-0.25, -0.2) is 4.39 Å². The third kappa shape index (κ3) is 7.02. The minimum Gasteiger partial charge on any atom is -0.403 e. The van der Waals surface area contributed by atoms with Gasteiger partial charge in [0.1, 0.15) is 0 Å². The van der Waals surface area contributed by atoms with Gasteiger partial charge in [-0.2, -0.15) is 0 Å². The molecule has 6 nitrogen and oxygen atoms in total. The summed E-state index contributed by atoms with van der Waals surface area (Å²) in [5.74, 6) is -2.93. The highest BCUT2D eigenvalue weighted by atomic mass is 19.4. The summed E-state index contributed by atoms with van der Waals surface area (Å²) >= 11 is 0. The van der Waals surface area contributed by atoms with Crippen LogP contribution in [0.1, 0.15) is 35.5 Å². The molecule has 2 aromatic rings. The third-order valence-electron chi connectivity index (χ3n) is 3.99. The molecule has 0 radical (unpaired) electrons. The van der Waals surface area contributed by atoms with E-state index in [1.807, 2.05) is 0 Å². The number of halogens is 4. The SMILES string of the molecule is CC(C)C(=O)NCCc1ncccc1C(=O)NCc1ccc(F)c(OC(F)(F)F)c1. The van der Waals surface area contributed by atoms with Crippen LogP contribution < -0.4 is 15.4 Å². The quantitative estimate of drug-likeness (QED) is 0.633. The first kappa shape index (κ1) is 23.1. The van der Waals surface area contributed by atoms with Gasteiger partial charge in [-0.1, -0.05) is 19.9 Å². The van der Waals surface area contributed by atoms with Crippen molar-refractivity contribution < 1.29 is 31.9 Å². The van der Waals surface area contributed by atoms with Gasteiger partial charge in [-0.05, 0) is 29.8 Å². The van der Waals surface area contributed by atoms with E-state index in [1.54, 1.807) is 26.0 Å². The fourth-order valence-electron chi connectivity index (χ4n) is 2.49. The minimum atomic E-state index is -5.03. The molecule has 0 aliphatic heterocycles. The van der Waals surface area contributed by atoms with Gasteiger partial charge in [0.05, 0.1) is 11.3 Å². The number of carbonyl (C=O) groups excluding carboxylic acids is 2. The van der Waals surface area contributed by atoms with E-state index in [9.17, 15) is 27.2 Å². The van der Waals surface area contributed by atoms with E-state index in [2.05, 4.69) is 20.4 Å². The van der Waals surface area contributed by atoms with E-state index in [-0.39, 0.29) is 29.5 Å². The van der Waals surface area contributed by atoms with Crippen molar-refractivity contribution in [2.24, 2.45) is 5.92 Å². The molecule has 0 saturated heterocycles. The van der Waals surface area contributed by atoms with Crippen LogP contribution in [0.5, 0.6) is 5.75 Å². The molecule has 10 heteroatoms. The van der Waals surface area contributed by atoms with Crippen LogP contribution >= 0.6 is 0 Å². The summed E-state index contributed by atoms with van der Waals surface area (Å²) in [6.07, 6.45) is -3.20. The predicted octanol–water partition coefficient (Wildman–Crippen LogP) is 3.36. The van der Waals surface area contributed by atoms with Crippen molar-refractivity contribution in [1.29, 1.82) is 0 Å². The number of ether oxygens (including phenoxy) is 1. The zero-order valence-corrected chi connectivity index (χ0v) is 16.3. The molecular weight excluding hydrogens is 406 g/mol. The second kappa shape index (κ2) is 10.0. The van der Waals surface area contributed by atoms with Crippen LogP contribution in [0, 0.1) is 11.7 Å². The van der Waals surface area contributed by atoms with Crippen LogP contribution in [0.25, 0.3) is 0 Å². The molecule has 0 unspecified atom stereocenters. The zero-order valence-electron chi connectivity index (χ0n) is 16.3. The summed E-state index contributed by atoms with van der Waals surface area (Å²) in [5.41, 5.74) is 0.947. The Balaban J connectivity index is 2.02. The third-order valence-corrected chi connectivity index (χ3v) is 3.99. The van der Waals surface area contributed by atoms with Gasteiger partial charge in [0.25, 0.3) is 5.91 Å².